The fourth-order valence-corrected chi connectivity index (χ4v) is 4.94. The smallest absolute Gasteiger partial charge is 0.0931 e. The number of thiophene rings is 1. The Kier molecular flexibility index (Phi) is 6.54. The Morgan fingerprint density at radius 1 is 1.24 bits per heavy atom. The summed E-state index contributed by atoms with van der Waals surface area (Å²) in [5.74, 6) is 0. The van der Waals surface area contributed by atoms with Crippen molar-refractivity contribution in [2.75, 3.05) is 20.6 Å². The van der Waals surface area contributed by atoms with Gasteiger partial charge in [-0.2, -0.15) is 0 Å². The number of hydrogen-bond acceptors (Lipinski definition) is 3. The van der Waals surface area contributed by atoms with E-state index in [9.17, 15) is 0 Å². The van der Waals surface area contributed by atoms with Gasteiger partial charge in [0.1, 0.15) is 0 Å². The molecule has 0 radical (unpaired) electrons. The Hall–Kier alpha value is -0.0900. The van der Waals surface area contributed by atoms with Crippen molar-refractivity contribution in [3.63, 3.8) is 0 Å². The quantitative estimate of drug-likeness (QED) is 0.769. The first-order valence-corrected chi connectivity index (χ1v) is 9.43. The number of hydrogen-bond donors (Lipinski definition) is 1. The van der Waals surface area contributed by atoms with Crippen LogP contribution >= 0.6 is 22.9 Å². The lowest BCUT2D eigenvalue weighted by Crippen LogP contribution is -2.59. The highest BCUT2D eigenvalue weighted by atomic mass is 35.5. The van der Waals surface area contributed by atoms with Crippen molar-refractivity contribution in [2.45, 2.75) is 63.5 Å². The van der Waals surface area contributed by atoms with Gasteiger partial charge in [-0.15, -0.1) is 11.3 Å². The largest absolute Gasteiger partial charge is 0.312 e. The minimum absolute atomic E-state index is 0.281. The minimum Gasteiger partial charge on any atom is -0.312 e. The summed E-state index contributed by atoms with van der Waals surface area (Å²) >= 11 is 7.85. The van der Waals surface area contributed by atoms with Gasteiger partial charge in [0.2, 0.25) is 0 Å². The third-order valence-corrected chi connectivity index (χ3v) is 6.25. The fourth-order valence-electron chi connectivity index (χ4n) is 3.81. The Morgan fingerprint density at radius 2 is 1.90 bits per heavy atom. The van der Waals surface area contributed by atoms with Gasteiger partial charge >= 0.3 is 0 Å². The summed E-state index contributed by atoms with van der Waals surface area (Å²) in [6.45, 7) is 3.24. The van der Waals surface area contributed by atoms with Crippen molar-refractivity contribution < 1.29 is 0 Å². The van der Waals surface area contributed by atoms with Gasteiger partial charge in [-0.3, -0.25) is 0 Å². The molecule has 0 spiro atoms. The van der Waals surface area contributed by atoms with E-state index in [-0.39, 0.29) is 5.54 Å². The monoisotopic (exact) mass is 328 g/mol. The zero-order chi connectivity index (χ0) is 15.3. The zero-order valence-corrected chi connectivity index (χ0v) is 15.2. The summed E-state index contributed by atoms with van der Waals surface area (Å²) in [6, 6.07) is 4.72. The number of likely N-dealkylation sites (N-methyl/N-ethyl adjacent to an activating group) is 2. The van der Waals surface area contributed by atoms with Crippen molar-refractivity contribution in [1.82, 2.24) is 10.2 Å². The van der Waals surface area contributed by atoms with E-state index in [1.165, 1.54) is 43.4 Å². The van der Waals surface area contributed by atoms with E-state index in [4.69, 9.17) is 11.6 Å². The van der Waals surface area contributed by atoms with Crippen molar-refractivity contribution in [3.05, 3.63) is 21.3 Å². The second-order valence-electron chi connectivity index (χ2n) is 6.43. The SMILES string of the molecule is CCNC(Cc1ccc(Cl)s1)C1(N(C)C)CCCCCC1. The Bertz CT molecular complexity index is 422. The van der Waals surface area contributed by atoms with Gasteiger partial charge in [-0.1, -0.05) is 44.2 Å². The van der Waals surface area contributed by atoms with Crippen LogP contribution in [0.1, 0.15) is 50.3 Å². The Labute approximate surface area is 138 Å². The molecule has 1 fully saturated rings. The van der Waals surface area contributed by atoms with E-state index < -0.39 is 0 Å². The third kappa shape index (κ3) is 4.22. The summed E-state index contributed by atoms with van der Waals surface area (Å²) in [5, 5.41) is 3.78. The van der Waals surface area contributed by atoms with Crippen LogP contribution in [0, 0.1) is 0 Å². The molecule has 120 valence electrons. The first-order chi connectivity index (χ1) is 10.1. The highest BCUT2D eigenvalue weighted by Crippen LogP contribution is 2.36. The molecule has 0 bridgehead atoms. The molecule has 21 heavy (non-hydrogen) atoms. The van der Waals surface area contributed by atoms with Crippen LogP contribution in [-0.4, -0.2) is 37.1 Å². The third-order valence-electron chi connectivity index (χ3n) is 4.99. The van der Waals surface area contributed by atoms with Gasteiger partial charge in [0, 0.05) is 16.5 Å². The number of rotatable bonds is 6. The van der Waals surface area contributed by atoms with Gasteiger partial charge in [-0.05, 0) is 52.0 Å². The first kappa shape index (κ1) is 17.3. The van der Waals surface area contributed by atoms with Crippen LogP contribution in [0.3, 0.4) is 0 Å². The molecule has 0 aliphatic heterocycles. The molecule has 2 nitrogen and oxygen atoms in total. The van der Waals surface area contributed by atoms with Crippen LogP contribution < -0.4 is 5.32 Å². The summed E-state index contributed by atoms with van der Waals surface area (Å²) in [4.78, 5) is 3.89. The maximum atomic E-state index is 6.12. The van der Waals surface area contributed by atoms with E-state index in [0.29, 0.717) is 6.04 Å². The van der Waals surface area contributed by atoms with Crippen molar-refractivity contribution in [3.8, 4) is 0 Å². The van der Waals surface area contributed by atoms with Crippen LogP contribution in [0.25, 0.3) is 0 Å². The van der Waals surface area contributed by atoms with Crippen LogP contribution in [0.5, 0.6) is 0 Å². The zero-order valence-electron chi connectivity index (χ0n) is 13.6. The molecule has 1 N–H and O–H groups in total. The van der Waals surface area contributed by atoms with Crippen LogP contribution in [0.15, 0.2) is 12.1 Å². The molecule has 4 heteroatoms. The minimum atomic E-state index is 0.281. The predicted molar refractivity (Wildman–Crippen MR) is 94.6 cm³/mol. The Balaban J connectivity index is 2.22. The number of nitrogens with one attached hydrogen (secondary N) is 1. The summed E-state index contributed by atoms with van der Waals surface area (Å²) in [5.41, 5.74) is 0.281. The molecule has 1 heterocycles. The summed E-state index contributed by atoms with van der Waals surface area (Å²) in [6.07, 6.45) is 9.17. The van der Waals surface area contributed by atoms with Crippen LogP contribution in [-0.2, 0) is 6.42 Å². The Morgan fingerprint density at radius 3 is 2.38 bits per heavy atom. The molecule has 1 saturated carbocycles. The molecule has 1 aromatic rings. The van der Waals surface area contributed by atoms with Crippen molar-refractivity contribution in [1.29, 1.82) is 0 Å². The molecule has 0 saturated heterocycles. The standard InChI is InChI=1S/C17H29ClN2S/c1-4-19-15(13-14-9-10-16(18)21-14)17(20(2)3)11-7-5-6-8-12-17/h9-10,15,19H,4-8,11-13H2,1-3H3. The average Bonchev–Trinajstić information content (AvgIpc) is 2.72. The molecular formula is C17H29ClN2S. The molecule has 1 aromatic heterocycles. The maximum Gasteiger partial charge on any atom is 0.0931 e. The molecule has 0 amide bonds. The van der Waals surface area contributed by atoms with Crippen LogP contribution in [0.2, 0.25) is 4.34 Å². The summed E-state index contributed by atoms with van der Waals surface area (Å²) in [7, 11) is 4.52. The van der Waals surface area contributed by atoms with E-state index >= 15 is 0 Å². The van der Waals surface area contributed by atoms with Gasteiger partial charge in [0.15, 0.2) is 0 Å². The average molecular weight is 329 g/mol. The maximum absolute atomic E-state index is 6.12. The highest BCUT2D eigenvalue weighted by molar-refractivity contribution is 7.16. The lowest BCUT2D eigenvalue weighted by atomic mass is 9.79. The van der Waals surface area contributed by atoms with E-state index in [1.807, 2.05) is 6.07 Å². The summed E-state index contributed by atoms with van der Waals surface area (Å²) < 4.78 is 0.903. The van der Waals surface area contributed by atoms with Crippen molar-refractivity contribution in [2.24, 2.45) is 0 Å². The normalized spacial score (nSPS) is 20.4. The molecule has 1 aliphatic rings. The topological polar surface area (TPSA) is 15.3 Å². The first-order valence-electron chi connectivity index (χ1n) is 8.23. The predicted octanol–water partition coefficient (Wildman–Crippen LogP) is 4.58. The second-order valence-corrected chi connectivity index (χ2v) is 8.23. The van der Waals surface area contributed by atoms with E-state index in [2.05, 4.69) is 37.3 Å². The van der Waals surface area contributed by atoms with Gasteiger partial charge < -0.3 is 10.2 Å². The molecular weight excluding hydrogens is 300 g/mol. The molecule has 1 atom stereocenters. The lowest BCUT2D eigenvalue weighted by molar-refractivity contribution is 0.0812. The highest BCUT2D eigenvalue weighted by Gasteiger charge is 2.40. The van der Waals surface area contributed by atoms with Gasteiger partial charge in [-0.25, -0.2) is 0 Å². The fraction of sp³-hybridized carbons (Fsp3) is 0.765. The second kappa shape index (κ2) is 7.96. The number of nitrogens with zero attached hydrogens (tertiary/aromatic N) is 1. The van der Waals surface area contributed by atoms with Crippen LogP contribution in [0.4, 0.5) is 0 Å². The molecule has 2 rings (SSSR count). The molecule has 1 unspecified atom stereocenters. The van der Waals surface area contributed by atoms with Crippen molar-refractivity contribution >= 4 is 22.9 Å². The number of halogens is 1. The lowest BCUT2D eigenvalue weighted by Gasteiger charge is -2.46. The molecule has 0 aromatic carbocycles. The van der Waals surface area contributed by atoms with Gasteiger partial charge in [0.25, 0.3) is 0 Å². The molecule has 1 aliphatic carbocycles. The van der Waals surface area contributed by atoms with E-state index in [0.717, 1.165) is 17.3 Å². The van der Waals surface area contributed by atoms with E-state index in [1.54, 1.807) is 11.3 Å². The van der Waals surface area contributed by atoms with Gasteiger partial charge in [0.05, 0.1) is 4.34 Å².